The fourth-order valence-electron chi connectivity index (χ4n) is 4.36. The number of rotatable bonds is 6. The molecule has 0 radical (unpaired) electrons. The number of nitrogens with one attached hydrogen (secondary N) is 2. The molecule has 0 aliphatic carbocycles. The number of carbonyl (C=O) groups is 2. The molecule has 1 heterocycles. The van der Waals surface area contributed by atoms with Crippen LogP contribution in [0.1, 0.15) is 47.9 Å². The molecule has 33 heavy (non-hydrogen) atoms. The van der Waals surface area contributed by atoms with Gasteiger partial charge in [0.2, 0.25) is 10.0 Å². The van der Waals surface area contributed by atoms with Gasteiger partial charge in [-0.1, -0.05) is 24.6 Å². The molecule has 8 heteroatoms. The fourth-order valence-corrected chi connectivity index (χ4v) is 6.39. The Morgan fingerprint density at radius 3 is 2.33 bits per heavy atom. The number of nitrogens with zero attached hydrogens (tertiary/aromatic N) is 1. The summed E-state index contributed by atoms with van der Waals surface area (Å²) in [5, 5.41) is 5.26. The van der Waals surface area contributed by atoms with E-state index in [2.05, 4.69) is 10.6 Å². The first kappa shape index (κ1) is 24.9. The van der Waals surface area contributed by atoms with Gasteiger partial charge < -0.3 is 10.6 Å². The average Bonchev–Trinajstić information content (AvgIpc) is 2.74. The Labute approximate surface area is 196 Å². The summed E-state index contributed by atoms with van der Waals surface area (Å²) in [6, 6.07) is 10.8. The monoisotopic (exact) mass is 471 g/mol. The highest BCUT2D eigenvalue weighted by Crippen LogP contribution is 2.29. The molecule has 1 aliphatic rings. The highest BCUT2D eigenvalue weighted by molar-refractivity contribution is 7.89. The topological polar surface area (TPSA) is 95.6 Å². The summed E-state index contributed by atoms with van der Waals surface area (Å²) in [4.78, 5) is 24.9. The summed E-state index contributed by atoms with van der Waals surface area (Å²) in [5.41, 5.74) is 4.18. The second kappa shape index (κ2) is 10.5. The lowest BCUT2D eigenvalue weighted by Crippen LogP contribution is -2.46. The van der Waals surface area contributed by atoms with Crippen molar-refractivity contribution >= 4 is 27.5 Å². The number of piperidine rings is 1. The van der Waals surface area contributed by atoms with E-state index in [0.717, 1.165) is 41.5 Å². The maximum atomic E-state index is 13.4. The van der Waals surface area contributed by atoms with E-state index in [9.17, 15) is 18.0 Å². The van der Waals surface area contributed by atoms with Crippen LogP contribution in [0.25, 0.3) is 0 Å². The Balaban J connectivity index is 1.61. The van der Waals surface area contributed by atoms with Gasteiger partial charge in [0.25, 0.3) is 0 Å². The fraction of sp³-hybridized carbons (Fsp3) is 0.440. The third-order valence-corrected chi connectivity index (χ3v) is 8.05. The van der Waals surface area contributed by atoms with Gasteiger partial charge in [0, 0.05) is 24.8 Å². The maximum Gasteiger partial charge on any atom is 0.313 e. The predicted octanol–water partition coefficient (Wildman–Crippen LogP) is 3.61. The van der Waals surface area contributed by atoms with Gasteiger partial charge in [-0.3, -0.25) is 9.59 Å². The van der Waals surface area contributed by atoms with Crippen molar-refractivity contribution in [3.63, 3.8) is 0 Å². The molecule has 2 aromatic rings. The third kappa shape index (κ3) is 6.21. The lowest BCUT2D eigenvalue weighted by atomic mass is 10.0. The highest BCUT2D eigenvalue weighted by atomic mass is 32.2. The van der Waals surface area contributed by atoms with Gasteiger partial charge in [-0.05, 0) is 87.4 Å². The zero-order chi connectivity index (χ0) is 24.2. The van der Waals surface area contributed by atoms with Gasteiger partial charge in [-0.25, -0.2) is 8.42 Å². The number of benzene rings is 2. The number of aryl methyl sites for hydroxylation is 4. The predicted molar refractivity (Wildman–Crippen MR) is 130 cm³/mol. The molecule has 2 aromatic carbocycles. The van der Waals surface area contributed by atoms with E-state index in [1.54, 1.807) is 29.4 Å². The van der Waals surface area contributed by atoms with E-state index in [-0.39, 0.29) is 12.6 Å². The van der Waals surface area contributed by atoms with Crippen LogP contribution in [0.3, 0.4) is 0 Å². The van der Waals surface area contributed by atoms with E-state index in [1.807, 2.05) is 39.0 Å². The molecule has 3 rings (SSSR count). The van der Waals surface area contributed by atoms with Crippen LogP contribution in [-0.4, -0.2) is 43.7 Å². The number of sulfonamides is 1. The van der Waals surface area contributed by atoms with Crippen LogP contribution < -0.4 is 10.6 Å². The Hall–Kier alpha value is -2.71. The van der Waals surface area contributed by atoms with Crippen molar-refractivity contribution in [3.8, 4) is 0 Å². The Morgan fingerprint density at radius 1 is 0.939 bits per heavy atom. The van der Waals surface area contributed by atoms with Gasteiger partial charge in [-0.15, -0.1) is 0 Å². The molecule has 2 N–H and O–H groups in total. The summed E-state index contributed by atoms with van der Waals surface area (Å²) >= 11 is 0. The van der Waals surface area contributed by atoms with E-state index >= 15 is 0 Å². The minimum atomic E-state index is -3.64. The number of hydrogen-bond donors (Lipinski definition) is 2. The van der Waals surface area contributed by atoms with Crippen LogP contribution in [0.5, 0.6) is 0 Å². The molecule has 2 amide bonds. The highest BCUT2D eigenvalue weighted by Gasteiger charge is 2.34. The molecule has 7 nitrogen and oxygen atoms in total. The third-order valence-electron chi connectivity index (χ3n) is 5.95. The SMILES string of the molecule is Cc1cc(C)cc(NC(=O)C(=O)NCC[C@H]2CCCCN2S(=O)(=O)c2cc(C)ccc2C)c1. The molecule has 1 saturated heterocycles. The Bertz CT molecular complexity index is 1120. The van der Waals surface area contributed by atoms with Crippen molar-refractivity contribution in [3.05, 3.63) is 58.7 Å². The van der Waals surface area contributed by atoms with E-state index in [0.29, 0.717) is 23.5 Å². The van der Waals surface area contributed by atoms with Gasteiger partial charge >= 0.3 is 11.8 Å². The summed E-state index contributed by atoms with van der Waals surface area (Å²) in [6.07, 6.45) is 2.93. The normalized spacial score (nSPS) is 16.9. The van der Waals surface area contributed by atoms with Crippen molar-refractivity contribution in [1.82, 2.24) is 9.62 Å². The van der Waals surface area contributed by atoms with Crippen molar-refractivity contribution in [2.24, 2.45) is 0 Å². The second-order valence-electron chi connectivity index (χ2n) is 8.91. The molecule has 1 fully saturated rings. The van der Waals surface area contributed by atoms with Crippen LogP contribution in [0.2, 0.25) is 0 Å². The molecule has 1 atom stereocenters. The summed E-state index contributed by atoms with van der Waals surface area (Å²) in [5.74, 6) is -1.46. The van der Waals surface area contributed by atoms with E-state index < -0.39 is 21.8 Å². The van der Waals surface area contributed by atoms with Crippen LogP contribution in [0.15, 0.2) is 41.3 Å². The summed E-state index contributed by atoms with van der Waals surface area (Å²) < 4.78 is 28.4. The van der Waals surface area contributed by atoms with Crippen molar-refractivity contribution in [2.45, 2.75) is 64.3 Å². The lowest BCUT2D eigenvalue weighted by Gasteiger charge is -2.35. The number of carbonyl (C=O) groups excluding carboxylic acids is 2. The molecular formula is C25H33N3O4S. The van der Waals surface area contributed by atoms with Gasteiger partial charge in [0.05, 0.1) is 4.90 Å². The molecule has 0 saturated carbocycles. The molecular weight excluding hydrogens is 438 g/mol. The van der Waals surface area contributed by atoms with Crippen molar-refractivity contribution in [1.29, 1.82) is 0 Å². The standard InChI is InChI=1S/C25H33N3O4S/c1-17-8-9-20(4)23(16-17)33(31,32)28-12-6-5-7-22(28)10-11-26-24(29)25(30)27-21-14-18(2)13-19(3)15-21/h8-9,13-16,22H,5-7,10-12H2,1-4H3,(H,26,29)(H,27,30)/t22-/m1/s1. The zero-order valence-corrected chi connectivity index (χ0v) is 20.6. The molecule has 0 spiro atoms. The van der Waals surface area contributed by atoms with E-state index in [4.69, 9.17) is 0 Å². The number of amides is 2. The maximum absolute atomic E-state index is 13.4. The minimum absolute atomic E-state index is 0.216. The number of anilines is 1. The van der Waals surface area contributed by atoms with Gasteiger partial charge in [-0.2, -0.15) is 4.31 Å². The van der Waals surface area contributed by atoms with Crippen LogP contribution in [0.4, 0.5) is 5.69 Å². The lowest BCUT2D eigenvalue weighted by molar-refractivity contribution is -0.136. The van der Waals surface area contributed by atoms with Crippen molar-refractivity contribution < 1.29 is 18.0 Å². The molecule has 0 unspecified atom stereocenters. The van der Waals surface area contributed by atoms with Gasteiger partial charge in [0.1, 0.15) is 0 Å². The average molecular weight is 472 g/mol. The smallest absolute Gasteiger partial charge is 0.313 e. The molecule has 0 aromatic heterocycles. The Morgan fingerprint density at radius 2 is 1.64 bits per heavy atom. The first-order valence-electron chi connectivity index (χ1n) is 11.3. The summed E-state index contributed by atoms with van der Waals surface area (Å²) in [6.45, 7) is 8.21. The van der Waals surface area contributed by atoms with Crippen molar-refractivity contribution in [2.75, 3.05) is 18.4 Å². The molecule has 178 valence electrons. The minimum Gasteiger partial charge on any atom is -0.348 e. The number of hydrogen-bond acceptors (Lipinski definition) is 4. The Kier molecular flexibility index (Phi) is 7.92. The van der Waals surface area contributed by atoms with Gasteiger partial charge in [0.15, 0.2) is 0 Å². The van der Waals surface area contributed by atoms with Crippen LogP contribution in [0, 0.1) is 27.7 Å². The molecule has 0 bridgehead atoms. The second-order valence-corrected chi connectivity index (χ2v) is 10.8. The van der Waals surface area contributed by atoms with Crippen LogP contribution in [-0.2, 0) is 19.6 Å². The quantitative estimate of drug-likeness (QED) is 0.629. The first-order valence-corrected chi connectivity index (χ1v) is 12.8. The molecule has 1 aliphatic heterocycles. The zero-order valence-electron chi connectivity index (χ0n) is 19.8. The largest absolute Gasteiger partial charge is 0.348 e. The summed E-state index contributed by atoms with van der Waals surface area (Å²) in [7, 11) is -3.64. The van der Waals surface area contributed by atoms with Crippen LogP contribution >= 0.6 is 0 Å². The first-order chi connectivity index (χ1) is 15.6. The van der Waals surface area contributed by atoms with E-state index in [1.165, 1.54) is 0 Å².